The first-order valence-electron chi connectivity index (χ1n) is 3.37. The highest BCUT2D eigenvalue weighted by Crippen LogP contribution is 1.91. The fourth-order valence-corrected chi connectivity index (χ4v) is 0.808. The van der Waals surface area contributed by atoms with Crippen LogP contribution in [0, 0.1) is 0 Å². The summed E-state index contributed by atoms with van der Waals surface area (Å²) in [5, 5.41) is 0.681. The first-order valence-corrected chi connectivity index (χ1v) is 3.78. The van der Waals surface area contributed by atoms with Crippen LogP contribution in [0.2, 0.25) is 0 Å². The van der Waals surface area contributed by atoms with Crippen LogP contribution in [-0.2, 0) is 4.79 Å². The van der Waals surface area contributed by atoms with Gasteiger partial charge in [-0.15, -0.1) is 0 Å². The van der Waals surface area contributed by atoms with E-state index in [4.69, 9.17) is 12.2 Å². The van der Waals surface area contributed by atoms with E-state index < -0.39 is 0 Å². The summed E-state index contributed by atoms with van der Waals surface area (Å²) >= 11 is 5.02. The molecule has 0 aliphatic carbocycles. The standard InChI is InChI=1S/C7H14N2OS/c1-6(10)5-9(4)7(11)8(2)3/h5H2,1-4H3. The molecule has 11 heavy (non-hydrogen) atoms. The zero-order chi connectivity index (χ0) is 9.02. The number of carbonyl (C=O) groups excluding carboxylic acids is 1. The van der Waals surface area contributed by atoms with E-state index >= 15 is 0 Å². The number of likely N-dealkylation sites (N-methyl/N-ethyl adjacent to an activating group) is 1. The average Bonchev–Trinajstić information content (AvgIpc) is 1.84. The molecule has 0 fully saturated rings. The molecule has 0 aromatic rings. The molecule has 0 radical (unpaired) electrons. The van der Waals surface area contributed by atoms with E-state index in [1.54, 1.807) is 16.7 Å². The van der Waals surface area contributed by atoms with Crippen LogP contribution in [0.4, 0.5) is 0 Å². The van der Waals surface area contributed by atoms with Crippen molar-refractivity contribution in [3.05, 3.63) is 0 Å². The Balaban J connectivity index is 3.93. The van der Waals surface area contributed by atoms with Crippen LogP contribution in [-0.4, -0.2) is 48.4 Å². The summed E-state index contributed by atoms with van der Waals surface area (Å²) in [5.74, 6) is 0.122. The number of ketones is 1. The van der Waals surface area contributed by atoms with Gasteiger partial charge in [-0.05, 0) is 19.1 Å². The van der Waals surface area contributed by atoms with Crippen LogP contribution < -0.4 is 0 Å². The van der Waals surface area contributed by atoms with Crippen LogP contribution in [0.3, 0.4) is 0 Å². The number of carbonyl (C=O) groups is 1. The van der Waals surface area contributed by atoms with Gasteiger partial charge < -0.3 is 9.80 Å². The van der Waals surface area contributed by atoms with Crippen LogP contribution in [0.25, 0.3) is 0 Å². The van der Waals surface area contributed by atoms with Crippen molar-refractivity contribution in [3.8, 4) is 0 Å². The van der Waals surface area contributed by atoms with Crippen molar-refractivity contribution in [2.24, 2.45) is 0 Å². The highest BCUT2D eigenvalue weighted by Gasteiger charge is 2.06. The van der Waals surface area contributed by atoms with Gasteiger partial charge in [-0.2, -0.15) is 0 Å². The number of nitrogens with zero attached hydrogens (tertiary/aromatic N) is 2. The number of hydrogen-bond acceptors (Lipinski definition) is 2. The summed E-state index contributed by atoms with van der Waals surface area (Å²) in [7, 11) is 5.53. The summed E-state index contributed by atoms with van der Waals surface area (Å²) in [4.78, 5) is 14.2. The Bertz CT molecular complexity index is 168. The Morgan fingerprint density at radius 1 is 1.36 bits per heavy atom. The van der Waals surface area contributed by atoms with Crippen molar-refractivity contribution in [2.45, 2.75) is 6.92 Å². The Hall–Kier alpha value is -0.640. The summed E-state index contributed by atoms with van der Waals surface area (Å²) in [6, 6.07) is 0. The highest BCUT2D eigenvalue weighted by atomic mass is 32.1. The average molecular weight is 174 g/mol. The van der Waals surface area contributed by atoms with E-state index in [1.165, 1.54) is 0 Å². The highest BCUT2D eigenvalue weighted by molar-refractivity contribution is 7.80. The quantitative estimate of drug-likeness (QED) is 0.564. The first kappa shape index (κ1) is 10.4. The summed E-state index contributed by atoms with van der Waals surface area (Å²) in [6.07, 6.45) is 0. The monoisotopic (exact) mass is 174 g/mol. The third-order valence-corrected chi connectivity index (χ3v) is 1.85. The van der Waals surface area contributed by atoms with Crippen molar-refractivity contribution >= 4 is 23.1 Å². The normalized spacial score (nSPS) is 9.09. The van der Waals surface area contributed by atoms with Crippen LogP contribution >= 0.6 is 12.2 Å². The predicted octanol–water partition coefficient (Wildman–Crippen LogP) is 0.354. The van der Waals surface area contributed by atoms with Gasteiger partial charge in [-0.1, -0.05) is 0 Å². The van der Waals surface area contributed by atoms with Gasteiger partial charge in [-0.25, -0.2) is 0 Å². The molecular weight excluding hydrogens is 160 g/mol. The molecule has 0 heterocycles. The smallest absolute Gasteiger partial charge is 0.171 e. The zero-order valence-corrected chi connectivity index (χ0v) is 8.23. The number of Topliss-reactive ketones (excluding diaryl/α,β-unsaturated/α-hetero) is 1. The topological polar surface area (TPSA) is 23.6 Å². The van der Waals surface area contributed by atoms with E-state index in [0.717, 1.165) is 0 Å². The number of hydrogen-bond donors (Lipinski definition) is 0. The Morgan fingerprint density at radius 3 is 2.09 bits per heavy atom. The summed E-state index contributed by atoms with van der Waals surface area (Å²) in [6.45, 7) is 1.94. The van der Waals surface area contributed by atoms with E-state index in [1.807, 2.05) is 21.1 Å². The molecule has 0 saturated heterocycles. The second kappa shape index (κ2) is 4.28. The maximum absolute atomic E-state index is 10.7. The molecule has 0 N–H and O–H groups in total. The molecule has 0 unspecified atom stereocenters. The fourth-order valence-electron chi connectivity index (χ4n) is 0.743. The van der Waals surface area contributed by atoms with Gasteiger partial charge in [0.1, 0.15) is 5.78 Å². The van der Waals surface area contributed by atoms with Crippen molar-refractivity contribution < 1.29 is 4.79 Å². The minimum Gasteiger partial charge on any atom is -0.355 e. The number of thiocarbonyl (C=S) groups is 1. The Morgan fingerprint density at radius 2 is 1.82 bits per heavy atom. The lowest BCUT2D eigenvalue weighted by Gasteiger charge is -2.23. The molecule has 0 spiro atoms. The lowest BCUT2D eigenvalue weighted by Crippen LogP contribution is -2.38. The van der Waals surface area contributed by atoms with Gasteiger partial charge in [-0.3, -0.25) is 4.79 Å². The second-order valence-corrected chi connectivity index (χ2v) is 3.10. The van der Waals surface area contributed by atoms with Crippen LogP contribution in [0.5, 0.6) is 0 Å². The largest absolute Gasteiger partial charge is 0.355 e. The minimum absolute atomic E-state index is 0.122. The van der Waals surface area contributed by atoms with Gasteiger partial charge in [0.2, 0.25) is 0 Å². The van der Waals surface area contributed by atoms with Crippen molar-refractivity contribution in [1.82, 2.24) is 9.80 Å². The van der Waals surface area contributed by atoms with Crippen LogP contribution in [0.1, 0.15) is 6.92 Å². The van der Waals surface area contributed by atoms with Crippen molar-refractivity contribution in [2.75, 3.05) is 27.7 Å². The lowest BCUT2D eigenvalue weighted by molar-refractivity contribution is -0.117. The molecule has 4 heteroatoms. The van der Waals surface area contributed by atoms with E-state index in [2.05, 4.69) is 0 Å². The van der Waals surface area contributed by atoms with Crippen molar-refractivity contribution in [1.29, 1.82) is 0 Å². The van der Waals surface area contributed by atoms with Crippen molar-refractivity contribution in [3.63, 3.8) is 0 Å². The number of rotatable bonds is 2. The minimum atomic E-state index is 0.122. The molecule has 0 aromatic carbocycles. The maximum Gasteiger partial charge on any atom is 0.171 e. The fraction of sp³-hybridized carbons (Fsp3) is 0.714. The lowest BCUT2D eigenvalue weighted by atomic mass is 10.4. The summed E-state index contributed by atoms with van der Waals surface area (Å²) in [5.41, 5.74) is 0. The second-order valence-electron chi connectivity index (χ2n) is 2.74. The molecule has 0 aliphatic rings. The first-order chi connectivity index (χ1) is 4.95. The third-order valence-electron chi connectivity index (χ3n) is 1.17. The van der Waals surface area contributed by atoms with E-state index in [-0.39, 0.29) is 5.78 Å². The molecule has 3 nitrogen and oxygen atoms in total. The molecule has 0 bridgehead atoms. The molecule has 64 valence electrons. The maximum atomic E-state index is 10.7. The van der Waals surface area contributed by atoms with Gasteiger partial charge >= 0.3 is 0 Å². The van der Waals surface area contributed by atoms with E-state index in [9.17, 15) is 4.79 Å². The Kier molecular flexibility index (Phi) is 4.03. The molecular formula is C7H14N2OS. The molecule has 0 atom stereocenters. The van der Waals surface area contributed by atoms with Gasteiger partial charge in [0.15, 0.2) is 5.11 Å². The molecule has 0 amide bonds. The predicted molar refractivity (Wildman–Crippen MR) is 49.6 cm³/mol. The Labute approximate surface area is 73.0 Å². The van der Waals surface area contributed by atoms with Gasteiger partial charge in [0, 0.05) is 21.1 Å². The molecule has 0 aliphatic heterocycles. The summed E-state index contributed by atoms with van der Waals surface area (Å²) < 4.78 is 0. The van der Waals surface area contributed by atoms with E-state index in [0.29, 0.717) is 11.7 Å². The molecule has 0 rings (SSSR count). The third kappa shape index (κ3) is 3.93. The van der Waals surface area contributed by atoms with Gasteiger partial charge in [0.25, 0.3) is 0 Å². The van der Waals surface area contributed by atoms with Crippen LogP contribution in [0.15, 0.2) is 0 Å². The van der Waals surface area contributed by atoms with Gasteiger partial charge in [0.05, 0.1) is 6.54 Å². The SMILES string of the molecule is CC(=O)CN(C)C(=S)N(C)C. The molecule has 0 aromatic heterocycles. The molecule has 0 saturated carbocycles. The zero-order valence-electron chi connectivity index (χ0n) is 7.42.